The third-order valence-corrected chi connectivity index (χ3v) is 6.12. The normalized spacial score (nSPS) is 11.5. The van der Waals surface area contributed by atoms with Crippen LogP contribution in [0.4, 0.5) is 10.1 Å². The molecule has 0 aliphatic carbocycles. The summed E-state index contributed by atoms with van der Waals surface area (Å²) in [5.41, 5.74) is 7.16. The first kappa shape index (κ1) is 22.7. The number of hydrogen-bond acceptors (Lipinski definition) is 6. The number of pyridine rings is 3. The number of rotatable bonds is 6. The lowest BCUT2D eigenvalue weighted by Crippen LogP contribution is -2.09. The fourth-order valence-electron chi connectivity index (χ4n) is 4.50. The molecule has 6 rings (SSSR count). The van der Waals surface area contributed by atoms with Crippen LogP contribution < -0.4 is 10.1 Å². The third-order valence-electron chi connectivity index (χ3n) is 6.12. The van der Waals surface area contributed by atoms with Crippen molar-refractivity contribution in [2.45, 2.75) is 19.9 Å². The molecule has 9 heteroatoms. The highest BCUT2D eigenvalue weighted by Crippen LogP contribution is 2.35. The highest BCUT2D eigenvalue weighted by Gasteiger charge is 2.16. The van der Waals surface area contributed by atoms with E-state index in [-0.39, 0.29) is 5.82 Å². The first-order valence-corrected chi connectivity index (χ1v) is 11.9. The van der Waals surface area contributed by atoms with E-state index in [4.69, 9.17) is 4.74 Å². The van der Waals surface area contributed by atoms with Crippen LogP contribution in [0.2, 0.25) is 0 Å². The quantitative estimate of drug-likeness (QED) is 0.255. The number of fused-ring (bicyclic) bond motifs is 2. The van der Waals surface area contributed by atoms with Gasteiger partial charge in [-0.25, -0.2) is 4.39 Å². The van der Waals surface area contributed by atoms with Gasteiger partial charge in [0.25, 0.3) is 0 Å². The summed E-state index contributed by atoms with van der Waals surface area (Å²) in [4.78, 5) is 17.0. The second kappa shape index (κ2) is 9.02. The molecular formula is C28H24FN7O. The number of nitrogens with one attached hydrogen (secondary N) is 3. The van der Waals surface area contributed by atoms with Crippen molar-refractivity contribution in [2.24, 2.45) is 0 Å². The zero-order chi connectivity index (χ0) is 25.5. The van der Waals surface area contributed by atoms with Crippen molar-refractivity contribution >= 4 is 27.5 Å². The van der Waals surface area contributed by atoms with Gasteiger partial charge >= 0.3 is 0 Å². The minimum Gasteiger partial charge on any atom is -0.497 e. The van der Waals surface area contributed by atoms with Gasteiger partial charge in [0.05, 0.1) is 41.6 Å². The molecule has 0 fully saturated rings. The summed E-state index contributed by atoms with van der Waals surface area (Å²) < 4.78 is 19.5. The first-order valence-electron chi connectivity index (χ1n) is 11.9. The van der Waals surface area contributed by atoms with Gasteiger partial charge in [-0.15, -0.1) is 0 Å². The summed E-state index contributed by atoms with van der Waals surface area (Å²) in [6, 6.07) is 12.8. The monoisotopic (exact) mass is 493 g/mol. The van der Waals surface area contributed by atoms with Gasteiger partial charge in [-0.1, -0.05) is 0 Å². The first-order chi connectivity index (χ1) is 18.0. The van der Waals surface area contributed by atoms with E-state index in [2.05, 4.69) is 49.3 Å². The van der Waals surface area contributed by atoms with Crippen molar-refractivity contribution in [1.82, 2.24) is 30.1 Å². The fourth-order valence-corrected chi connectivity index (χ4v) is 4.50. The lowest BCUT2D eigenvalue weighted by atomic mass is 10.1. The molecule has 0 bridgehead atoms. The largest absolute Gasteiger partial charge is 0.497 e. The molecular weight excluding hydrogens is 469 g/mol. The van der Waals surface area contributed by atoms with Crippen molar-refractivity contribution < 1.29 is 9.13 Å². The van der Waals surface area contributed by atoms with Gasteiger partial charge in [0, 0.05) is 58.1 Å². The number of benzene rings is 1. The van der Waals surface area contributed by atoms with Gasteiger partial charge in [-0.3, -0.25) is 20.1 Å². The van der Waals surface area contributed by atoms with Crippen LogP contribution >= 0.6 is 0 Å². The van der Waals surface area contributed by atoms with E-state index < -0.39 is 0 Å². The molecule has 37 heavy (non-hydrogen) atoms. The molecule has 1 aromatic carbocycles. The smallest absolute Gasteiger partial charge is 0.127 e. The van der Waals surface area contributed by atoms with E-state index in [1.807, 2.05) is 24.3 Å². The number of nitrogens with zero attached hydrogens (tertiary/aromatic N) is 4. The Morgan fingerprint density at radius 1 is 0.892 bits per heavy atom. The molecule has 0 radical (unpaired) electrons. The zero-order valence-electron chi connectivity index (χ0n) is 20.5. The SMILES string of the molecule is COc1cc(F)cc(-c2nccc3[nH]c(-c4n[nH]c5cnc(-c6cncc(NC(C)C)c6)cc45)cc23)c1. The van der Waals surface area contributed by atoms with Gasteiger partial charge < -0.3 is 15.0 Å². The number of methoxy groups -OCH3 is 1. The molecule has 0 saturated carbocycles. The van der Waals surface area contributed by atoms with Gasteiger partial charge in [-0.2, -0.15) is 5.10 Å². The predicted octanol–water partition coefficient (Wildman–Crippen LogP) is 6.20. The Bertz CT molecular complexity index is 1760. The zero-order valence-corrected chi connectivity index (χ0v) is 20.5. The summed E-state index contributed by atoms with van der Waals surface area (Å²) in [6.07, 6.45) is 7.08. The second-order valence-corrected chi connectivity index (χ2v) is 9.13. The molecule has 3 N–H and O–H groups in total. The Kier molecular flexibility index (Phi) is 5.52. The lowest BCUT2D eigenvalue weighted by molar-refractivity contribution is 0.411. The molecule has 0 spiro atoms. The Balaban J connectivity index is 1.45. The molecule has 8 nitrogen and oxygen atoms in total. The molecule has 0 amide bonds. The Labute approximate surface area is 212 Å². The van der Waals surface area contributed by atoms with Crippen molar-refractivity contribution in [3.05, 3.63) is 73.1 Å². The Morgan fingerprint density at radius 3 is 2.59 bits per heavy atom. The molecule has 0 atom stereocenters. The Morgan fingerprint density at radius 2 is 1.76 bits per heavy atom. The van der Waals surface area contributed by atoms with E-state index in [9.17, 15) is 4.39 Å². The van der Waals surface area contributed by atoms with Crippen LogP contribution in [0, 0.1) is 5.82 Å². The minimum atomic E-state index is -0.385. The van der Waals surface area contributed by atoms with E-state index in [1.165, 1.54) is 19.2 Å². The molecule has 0 aliphatic heterocycles. The van der Waals surface area contributed by atoms with Gasteiger partial charge in [0.1, 0.15) is 17.3 Å². The maximum absolute atomic E-state index is 14.2. The lowest BCUT2D eigenvalue weighted by Gasteiger charge is -2.10. The van der Waals surface area contributed by atoms with Crippen LogP contribution in [0.5, 0.6) is 5.75 Å². The molecule has 0 unspecified atom stereocenters. The van der Waals surface area contributed by atoms with Crippen molar-refractivity contribution in [3.8, 4) is 39.7 Å². The molecule has 5 heterocycles. The highest BCUT2D eigenvalue weighted by molar-refractivity contribution is 6.00. The average Bonchev–Trinajstić information content (AvgIpc) is 3.51. The summed E-state index contributed by atoms with van der Waals surface area (Å²) in [7, 11) is 1.51. The molecule has 184 valence electrons. The van der Waals surface area contributed by atoms with Crippen LogP contribution in [0.3, 0.4) is 0 Å². The van der Waals surface area contributed by atoms with Crippen LogP contribution in [0.1, 0.15) is 13.8 Å². The van der Waals surface area contributed by atoms with E-state index in [0.29, 0.717) is 23.0 Å². The van der Waals surface area contributed by atoms with E-state index in [1.54, 1.807) is 30.9 Å². The van der Waals surface area contributed by atoms with Crippen LogP contribution in [0.15, 0.2) is 67.3 Å². The maximum atomic E-state index is 14.2. The summed E-state index contributed by atoms with van der Waals surface area (Å²) in [5.74, 6) is 0.0504. The minimum absolute atomic E-state index is 0.294. The number of ether oxygens (including phenoxy) is 1. The van der Waals surface area contributed by atoms with Crippen molar-refractivity contribution in [1.29, 1.82) is 0 Å². The molecule has 5 aromatic heterocycles. The highest BCUT2D eigenvalue weighted by atomic mass is 19.1. The summed E-state index contributed by atoms with van der Waals surface area (Å²) in [5, 5.41) is 12.8. The van der Waals surface area contributed by atoms with Gasteiger partial charge in [0.15, 0.2) is 0 Å². The second-order valence-electron chi connectivity index (χ2n) is 9.13. The predicted molar refractivity (Wildman–Crippen MR) is 143 cm³/mol. The standard InChI is InChI=1S/C28H24FN7O/c1-15(2)33-19-7-17(12-30-13-19)24-10-22-26(14-32-24)35-36-28(22)25-11-21-23(34-25)4-5-31-27(21)16-6-18(29)9-20(8-16)37-3/h4-15,33-34H,1-3H3,(H,35,36). The molecule has 0 aliphatic rings. The van der Waals surface area contributed by atoms with Gasteiger partial charge in [0.2, 0.25) is 0 Å². The number of anilines is 1. The summed E-state index contributed by atoms with van der Waals surface area (Å²) >= 11 is 0. The molecule has 0 saturated heterocycles. The average molecular weight is 494 g/mol. The van der Waals surface area contributed by atoms with Crippen LogP contribution in [0.25, 0.3) is 55.7 Å². The van der Waals surface area contributed by atoms with Crippen LogP contribution in [-0.4, -0.2) is 43.3 Å². The topological polar surface area (TPSA) is 104 Å². The molecule has 6 aromatic rings. The number of hydrogen-bond donors (Lipinski definition) is 3. The number of H-pyrrole nitrogens is 2. The number of aromatic amines is 2. The number of halogens is 1. The van der Waals surface area contributed by atoms with Crippen LogP contribution in [-0.2, 0) is 0 Å². The third kappa shape index (κ3) is 4.24. The van der Waals surface area contributed by atoms with E-state index >= 15 is 0 Å². The van der Waals surface area contributed by atoms with E-state index in [0.717, 1.165) is 50.1 Å². The number of aromatic nitrogens is 6. The van der Waals surface area contributed by atoms with Gasteiger partial charge in [-0.05, 0) is 50.2 Å². The van der Waals surface area contributed by atoms with Crippen molar-refractivity contribution in [2.75, 3.05) is 12.4 Å². The fraction of sp³-hybridized carbons (Fsp3) is 0.143. The summed E-state index contributed by atoms with van der Waals surface area (Å²) in [6.45, 7) is 4.17. The Hall–Kier alpha value is -4.79. The maximum Gasteiger partial charge on any atom is 0.127 e. The van der Waals surface area contributed by atoms with Crippen molar-refractivity contribution in [3.63, 3.8) is 0 Å².